The van der Waals surface area contributed by atoms with Crippen LogP contribution in [-0.2, 0) is 6.54 Å². The summed E-state index contributed by atoms with van der Waals surface area (Å²) in [6.07, 6.45) is 4.42. The van der Waals surface area contributed by atoms with Gasteiger partial charge >= 0.3 is 0 Å². The Morgan fingerprint density at radius 1 is 1.53 bits per heavy atom. The Balaban J connectivity index is 1.72. The van der Waals surface area contributed by atoms with Gasteiger partial charge in [-0.15, -0.1) is 11.3 Å². The van der Waals surface area contributed by atoms with Crippen LogP contribution in [0.2, 0.25) is 0 Å². The van der Waals surface area contributed by atoms with Crippen molar-refractivity contribution < 1.29 is 0 Å². The summed E-state index contributed by atoms with van der Waals surface area (Å²) < 4.78 is 0. The molecule has 0 bridgehead atoms. The number of hydrogen-bond acceptors (Lipinski definition) is 4. The van der Waals surface area contributed by atoms with Crippen LogP contribution in [0.4, 0.5) is 0 Å². The van der Waals surface area contributed by atoms with E-state index in [4.69, 9.17) is 0 Å². The first kappa shape index (κ1) is 11.0. The minimum absolute atomic E-state index is 0.475. The van der Waals surface area contributed by atoms with Gasteiger partial charge in [0.25, 0.3) is 0 Å². The molecule has 0 spiro atoms. The summed E-state index contributed by atoms with van der Waals surface area (Å²) in [5.74, 6) is 0. The summed E-state index contributed by atoms with van der Waals surface area (Å²) >= 11 is 1.72. The maximum atomic E-state index is 4.27. The van der Waals surface area contributed by atoms with Crippen LogP contribution in [-0.4, -0.2) is 24.6 Å². The van der Waals surface area contributed by atoms with Crippen molar-refractivity contribution in [1.82, 2.24) is 15.6 Å². The van der Waals surface area contributed by atoms with Crippen LogP contribution in [0.1, 0.15) is 24.8 Å². The summed E-state index contributed by atoms with van der Waals surface area (Å²) in [5.41, 5.74) is 0.475. The molecular formula is C11H19N3S. The second kappa shape index (κ2) is 5.05. The van der Waals surface area contributed by atoms with Crippen molar-refractivity contribution in [2.75, 3.05) is 19.6 Å². The minimum atomic E-state index is 0.475. The summed E-state index contributed by atoms with van der Waals surface area (Å²) in [5, 5.41) is 10.1. The van der Waals surface area contributed by atoms with Crippen molar-refractivity contribution >= 4 is 11.3 Å². The molecule has 0 aromatic carbocycles. The molecule has 2 N–H and O–H groups in total. The molecule has 0 aliphatic carbocycles. The molecule has 3 nitrogen and oxygen atoms in total. The molecule has 1 saturated heterocycles. The summed E-state index contributed by atoms with van der Waals surface area (Å²) in [6, 6.07) is 0. The van der Waals surface area contributed by atoms with Gasteiger partial charge in [0, 0.05) is 24.7 Å². The Morgan fingerprint density at radius 2 is 2.33 bits per heavy atom. The number of thiazole rings is 1. The zero-order chi connectivity index (χ0) is 10.6. The average molecular weight is 225 g/mol. The Bertz CT molecular complexity index is 278. The molecule has 15 heavy (non-hydrogen) atoms. The fraction of sp³-hybridized carbons (Fsp3) is 0.727. The highest BCUT2D eigenvalue weighted by atomic mass is 32.1. The van der Waals surface area contributed by atoms with E-state index in [1.165, 1.54) is 17.8 Å². The highest BCUT2D eigenvalue weighted by Gasteiger charge is 2.25. The molecule has 1 aliphatic rings. The van der Waals surface area contributed by atoms with E-state index in [1.54, 1.807) is 11.3 Å². The van der Waals surface area contributed by atoms with E-state index in [0.717, 1.165) is 26.2 Å². The van der Waals surface area contributed by atoms with Crippen LogP contribution in [0.5, 0.6) is 0 Å². The molecule has 0 radical (unpaired) electrons. The zero-order valence-corrected chi connectivity index (χ0v) is 10.1. The SMILES string of the molecule is CC1(CNCc2nccs2)CCNCC1. The van der Waals surface area contributed by atoms with Gasteiger partial charge in [0.2, 0.25) is 0 Å². The first-order chi connectivity index (χ1) is 7.29. The molecule has 1 aliphatic heterocycles. The van der Waals surface area contributed by atoms with Crippen molar-refractivity contribution in [2.45, 2.75) is 26.3 Å². The standard InChI is InChI=1S/C11H19N3S/c1-11(2-4-12-5-3-11)9-13-8-10-14-6-7-15-10/h6-7,12-13H,2-5,8-9H2,1H3. The van der Waals surface area contributed by atoms with Gasteiger partial charge in [-0.3, -0.25) is 0 Å². The third-order valence-electron chi connectivity index (χ3n) is 3.12. The van der Waals surface area contributed by atoms with Crippen LogP contribution in [0.3, 0.4) is 0 Å². The highest BCUT2D eigenvalue weighted by molar-refractivity contribution is 7.09. The van der Waals surface area contributed by atoms with E-state index in [-0.39, 0.29) is 0 Å². The van der Waals surface area contributed by atoms with Crippen LogP contribution >= 0.6 is 11.3 Å². The molecule has 4 heteroatoms. The second-order valence-electron chi connectivity index (χ2n) is 4.59. The van der Waals surface area contributed by atoms with Crippen molar-refractivity contribution in [2.24, 2.45) is 5.41 Å². The van der Waals surface area contributed by atoms with Crippen LogP contribution in [0, 0.1) is 5.41 Å². The Labute approximate surface area is 95.3 Å². The predicted octanol–water partition coefficient (Wildman–Crippen LogP) is 1.62. The number of aromatic nitrogens is 1. The van der Waals surface area contributed by atoms with E-state index in [9.17, 15) is 0 Å². The molecule has 0 unspecified atom stereocenters. The van der Waals surface area contributed by atoms with Gasteiger partial charge in [0.05, 0.1) is 0 Å². The number of nitrogens with one attached hydrogen (secondary N) is 2. The van der Waals surface area contributed by atoms with Gasteiger partial charge in [0.1, 0.15) is 5.01 Å². The lowest BCUT2D eigenvalue weighted by Crippen LogP contribution is -2.41. The van der Waals surface area contributed by atoms with E-state index in [2.05, 4.69) is 22.5 Å². The Hall–Kier alpha value is -0.450. The summed E-state index contributed by atoms with van der Waals surface area (Å²) in [6.45, 7) is 6.72. The van der Waals surface area contributed by atoms with Gasteiger partial charge in [-0.1, -0.05) is 6.92 Å². The lowest BCUT2D eigenvalue weighted by atomic mass is 9.81. The molecule has 2 rings (SSSR count). The van der Waals surface area contributed by atoms with Gasteiger partial charge in [-0.25, -0.2) is 4.98 Å². The number of hydrogen-bond donors (Lipinski definition) is 2. The molecular weight excluding hydrogens is 206 g/mol. The Morgan fingerprint density at radius 3 is 3.00 bits per heavy atom. The van der Waals surface area contributed by atoms with Gasteiger partial charge in [0.15, 0.2) is 0 Å². The van der Waals surface area contributed by atoms with E-state index >= 15 is 0 Å². The summed E-state index contributed by atoms with van der Waals surface area (Å²) in [4.78, 5) is 4.27. The topological polar surface area (TPSA) is 37.0 Å². The molecule has 84 valence electrons. The lowest BCUT2D eigenvalue weighted by Gasteiger charge is -2.34. The second-order valence-corrected chi connectivity index (χ2v) is 5.57. The number of rotatable bonds is 4. The molecule has 1 fully saturated rings. The van der Waals surface area contributed by atoms with Crippen molar-refractivity contribution in [3.8, 4) is 0 Å². The molecule has 1 aromatic rings. The number of nitrogens with zero attached hydrogens (tertiary/aromatic N) is 1. The fourth-order valence-corrected chi connectivity index (χ4v) is 2.60. The van der Waals surface area contributed by atoms with E-state index in [0.29, 0.717) is 5.41 Å². The monoisotopic (exact) mass is 225 g/mol. The van der Waals surface area contributed by atoms with Crippen LogP contribution in [0.15, 0.2) is 11.6 Å². The molecule has 0 saturated carbocycles. The maximum absolute atomic E-state index is 4.27. The number of piperidine rings is 1. The lowest BCUT2D eigenvalue weighted by molar-refractivity contribution is 0.220. The van der Waals surface area contributed by atoms with Crippen LogP contribution < -0.4 is 10.6 Å². The molecule has 2 heterocycles. The third kappa shape index (κ3) is 3.26. The predicted molar refractivity (Wildman–Crippen MR) is 64.0 cm³/mol. The molecule has 0 amide bonds. The normalized spacial score (nSPS) is 20.3. The Kier molecular flexibility index (Phi) is 3.72. The smallest absolute Gasteiger partial charge is 0.106 e. The quantitative estimate of drug-likeness (QED) is 0.817. The maximum Gasteiger partial charge on any atom is 0.106 e. The zero-order valence-electron chi connectivity index (χ0n) is 9.25. The first-order valence-corrected chi connectivity index (χ1v) is 6.46. The van der Waals surface area contributed by atoms with E-state index in [1.807, 2.05) is 11.6 Å². The fourth-order valence-electron chi connectivity index (χ4n) is 2.02. The largest absolute Gasteiger partial charge is 0.317 e. The first-order valence-electron chi connectivity index (χ1n) is 5.58. The van der Waals surface area contributed by atoms with Crippen molar-refractivity contribution in [3.63, 3.8) is 0 Å². The molecule has 1 aromatic heterocycles. The van der Waals surface area contributed by atoms with E-state index < -0.39 is 0 Å². The third-order valence-corrected chi connectivity index (χ3v) is 3.90. The van der Waals surface area contributed by atoms with Gasteiger partial charge in [-0.2, -0.15) is 0 Å². The summed E-state index contributed by atoms with van der Waals surface area (Å²) in [7, 11) is 0. The van der Waals surface area contributed by atoms with Crippen molar-refractivity contribution in [1.29, 1.82) is 0 Å². The average Bonchev–Trinajstić information content (AvgIpc) is 2.71. The van der Waals surface area contributed by atoms with Gasteiger partial charge in [-0.05, 0) is 31.3 Å². The van der Waals surface area contributed by atoms with Gasteiger partial charge < -0.3 is 10.6 Å². The highest BCUT2D eigenvalue weighted by Crippen LogP contribution is 2.26. The molecule has 0 atom stereocenters. The minimum Gasteiger partial charge on any atom is -0.317 e. The van der Waals surface area contributed by atoms with Crippen LogP contribution in [0.25, 0.3) is 0 Å². The van der Waals surface area contributed by atoms with Crippen molar-refractivity contribution in [3.05, 3.63) is 16.6 Å².